The summed E-state index contributed by atoms with van der Waals surface area (Å²) in [7, 11) is 0. The van der Waals surface area contributed by atoms with Gasteiger partial charge < -0.3 is 9.84 Å². The Labute approximate surface area is 127 Å². The van der Waals surface area contributed by atoms with Gasteiger partial charge in [0, 0.05) is 11.8 Å². The van der Waals surface area contributed by atoms with E-state index >= 15 is 0 Å². The molecule has 0 aromatic carbocycles. The van der Waals surface area contributed by atoms with Crippen LogP contribution in [0.25, 0.3) is 0 Å². The second kappa shape index (κ2) is 4.66. The minimum atomic E-state index is -0.550. The van der Waals surface area contributed by atoms with Crippen LogP contribution >= 0.6 is 0 Å². The Morgan fingerprint density at radius 1 is 1.43 bits per heavy atom. The van der Waals surface area contributed by atoms with Crippen molar-refractivity contribution in [3.63, 3.8) is 0 Å². The van der Waals surface area contributed by atoms with Gasteiger partial charge in [0.05, 0.1) is 17.3 Å². The van der Waals surface area contributed by atoms with Gasteiger partial charge in [0.2, 0.25) is 0 Å². The molecule has 0 aromatic heterocycles. The summed E-state index contributed by atoms with van der Waals surface area (Å²) < 4.78 is 6.62. The molecule has 21 heavy (non-hydrogen) atoms. The van der Waals surface area contributed by atoms with E-state index in [0.717, 1.165) is 31.3 Å². The molecule has 4 atom stereocenters. The molecule has 1 heterocycles. The average molecular weight is 292 g/mol. The molecule has 1 spiro atoms. The zero-order chi connectivity index (χ0) is 15.5. The Bertz CT molecular complexity index is 493. The lowest BCUT2D eigenvalue weighted by molar-refractivity contribution is -0.149. The Morgan fingerprint density at radius 2 is 2.14 bits per heavy atom. The molecule has 2 aliphatic carbocycles. The van der Waals surface area contributed by atoms with Gasteiger partial charge in [-0.15, -0.1) is 0 Å². The number of carbonyl (C=O) groups is 1. The Morgan fingerprint density at radius 3 is 2.81 bits per heavy atom. The van der Waals surface area contributed by atoms with Crippen molar-refractivity contribution in [1.29, 1.82) is 0 Å². The van der Waals surface area contributed by atoms with Gasteiger partial charge in [-0.1, -0.05) is 20.3 Å². The standard InChI is InChI=1S/C18H28O3/c1-5-6-15(20)14-9-13(19)11-17(4)8-7-12-10-18(14,17)21-16(12,2)3/h9,12,15,20H,5-8,10-11H2,1-4H3/t12-,15-,17-,18+/m1/s1. The van der Waals surface area contributed by atoms with Gasteiger partial charge in [-0.25, -0.2) is 0 Å². The predicted octanol–water partition coefficient (Wildman–Crippen LogP) is 3.40. The van der Waals surface area contributed by atoms with Crippen molar-refractivity contribution in [3.8, 4) is 0 Å². The first-order chi connectivity index (χ1) is 9.74. The molecule has 0 unspecified atom stereocenters. The Hall–Kier alpha value is -0.670. The maximum absolute atomic E-state index is 12.2. The van der Waals surface area contributed by atoms with Crippen LogP contribution in [0.2, 0.25) is 0 Å². The summed E-state index contributed by atoms with van der Waals surface area (Å²) in [6, 6.07) is 0. The Kier molecular flexibility index (Phi) is 3.38. The summed E-state index contributed by atoms with van der Waals surface area (Å²) in [5.74, 6) is 0.677. The minimum Gasteiger partial charge on any atom is -0.389 e. The molecule has 2 fully saturated rings. The van der Waals surface area contributed by atoms with Crippen LogP contribution in [0.1, 0.15) is 66.2 Å². The van der Waals surface area contributed by atoms with Crippen molar-refractivity contribution in [3.05, 3.63) is 11.6 Å². The molecule has 1 saturated heterocycles. The summed E-state index contributed by atoms with van der Waals surface area (Å²) >= 11 is 0. The maximum atomic E-state index is 12.2. The van der Waals surface area contributed by atoms with Crippen LogP contribution in [0.4, 0.5) is 0 Å². The van der Waals surface area contributed by atoms with E-state index in [-0.39, 0.29) is 16.8 Å². The number of fused-ring (bicyclic) bond motifs is 1. The van der Waals surface area contributed by atoms with Crippen molar-refractivity contribution in [2.75, 3.05) is 0 Å². The summed E-state index contributed by atoms with van der Waals surface area (Å²) in [5.41, 5.74) is 0.108. The first-order valence-electron chi connectivity index (χ1n) is 8.37. The minimum absolute atomic E-state index is 0.153. The molecule has 0 radical (unpaired) electrons. The van der Waals surface area contributed by atoms with Crippen LogP contribution in [0, 0.1) is 11.3 Å². The van der Waals surface area contributed by atoms with Crippen LogP contribution in [-0.4, -0.2) is 28.2 Å². The van der Waals surface area contributed by atoms with E-state index in [9.17, 15) is 9.90 Å². The third kappa shape index (κ3) is 2.04. The molecule has 3 aliphatic rings. The highest BCUT2D eigenvalue weighted by Gasteiger charge is 2.66. The molecule has 2 bridgehead atoms. The van der Waals surface area contributed by atoms with Gasteiger partial charge in [0.25, 0.3) is 0 Å². The first-order valence-corrected chi connectivity index (χ1v) is 8.37. The van der Waals surface area contributed by atoms with Gasteiger partial charge in [-0.3, -0.25) is 4.79 Å². The zero-order valence-electron chi connectivity index (χ0n) is 13.7. The fourth-order valence-corrected chi connectivity index (χ4v) is 4.96. The largest absolute Gasteiger partial charge is 0.389 e. The van der Waals surface area contributed by atoms with Crippen molar-refractivity contribution >= 4 is 5.78 Å². The highest BCUT2D eigenvalue weighted by Crippen LogP contribution is 2.64. The van der Waals surface area contributed by atoms with E-state index in [0.29, 0.717) is 18.8 Å². The van der Waals surface area contributed by atoms with Gasteiger partial charge in [-0.2, -0.15) is 0 Å². The average Bonchev–Trinajstić information content (AvgIpc) is 2.61. The lowest BCUT2D eigenvalue weighted by Crippen LogP contribution is -2.55. The summed E-state index contributed by atoms with van der Waals surface area (Å²) in [6.45, 7) is 8.58. The molecule has 3 heteroatoms. The van der Waals surface area contributed by atoms with Gasteiger partial charge in [0.15, 0.2) is 5.78 Å². The quantitative estimate of drug-likeness (QED) is 0.867. The third-order valence-electron chi connectivity index (χ3n) is 6.24. The SMILES string of the molecule is CCC[C@@H](O)C1=CC(=O)C[C@@]2(C)CC[C@@H]3C[C@]12OC3(C)C. The molecule has 3 nitrogen and oxygen atoms in total. The smallest absolute Gasteiger partial charge is 0.156 e. The molecule has 1 saturated carbocycles. The van der Waals surface area contributed by atoms with Crippen LogP contribution in [0.5, 0.6) is 0 Å². The van der Waals surface area contributed by atoms with Gasteiger partial charge in [-0.05, 0) is 57.1 Å². The number of ether oxygens (including phenoxy) is 1. The van der Waals surface area contributed by atoms with Gasteiger partial charge >= 0.3 is 0 Å². The van der Waals surface area contributed by atoms with E-state index in [1.807, 2.05) is 0 Å². The second-order valence-corrected chi connectivity index (χ2v) is 8.08. The lowest BCUT2D eigenvalue weighted by Gasteiger charge is -2.52. The van der Waals surface area contributed by atoms with Crippen LogP contribution in [-0.2, 0) is 9.53 Å². The lowest BCUT2D eigenvalue weighted by atomic mass is 9.54. The number of hydrogen-bond acceptors (Lipinski definition) is 3. The summed E-state index contributed by atoms with van der Waals surface area (Å²) in [5, 5.41) is 10.6. The van der Waals surface area contributed by atoms with Crippen molar-refractivity contribution in [2.24, 2.45) is 11.3 Å². The highest BCUT2D eigenvalue weighted by atomic mass is 16.5. The molecule has 1 aliphatic heterocycles. The molecule has 0 aromatic rings. The number of carbonyl (C=O) groups excluding carboxylic acids is 1. The number of ketones is 1. The number of aliphatic hydroxyl groups excluding tert-OH is 1. The van der Waals surface area contributed by atoms with Crippen LogP contribution in [0.3, 0.4) is 0 Å². The second-order valence-electron chi connectivity index (χ2n) is 8.08. The van der Waals surface area contributed by atoms with E-state index < -0.39 is 11.7 Å². The topological polar surface area (TPSA) is 46.5 Å². The van der Waals surface area contributed by atoms with Crippen LogP contribution in [0.15, 0.2) is 11.6 Å². The van der Waals surface area contributed by atoms with E-state index in [1.54, 1.807) is 6.08 Å². The van der Waals surface area contributed by atoms with Crippen molar-refractivity contribution in [1.82, 2.24) is 0 Å². The van der Waals surface area contributed by atoms with Gasteiger partial charge in [0.1, 0.15) is 0 Å². The number of hydrogen-bond donors (Lipinski definition) is 1. The molecule has 0 amide bonds. The fraction of sp³-hybridized carbons (Fsp3) is 0.833. The predicted molar refractivity (Wildman–Crippen MR) is 82.0 cm³/mol. The molecule has 3 rings (SSSR count). The van der Waals surface area contributed by atoms with Crippen LogP contribution < -0.4 is 0 Å². The molecule has 118 valence electrons. The first kappa shape index (κ1) is 15.2. The molecular weight excluding hydrogens is 264 g/mol. The number of rotatable bonds is 3. The van der Waals surface area contributed by atoms with E-state index in [4.69, 9.17) is 4.74 Å². The normalized spacial score (nSPS) is 42.4. The third-order valence-corrected chi connectivity index (χ3v) is 6.24. The Balaban J connectivity index is 2.09. The zero-order valence-corrected chi connectivity index (χ0v) is 13.7. The highest BCUT2D eigenvalue weighted by molar-refractivity contribution is 5.93. The monoisotopic (exact) mass is 292 g/mol. The summed E-state index contributed by atoms with van der Waals surface area (Å²) in [4.78, 5) is 12.2. The molecular formula is C18H28O3. The number of allylic oxidation sites excluding steroid dienone is 1. The van der Waals surface area contributed by atoms with E-state index in [1.165, 1.54) is 0 Å². The fourth-order valence-electron chi connectivity index (χ4n) is 4.96. The van der Waals surface area contributed by atoms with Crippen molar-refractivity contribution < 1.29 is 14.6 Å². The number of aliphatic hydroxyl groups is 1. The maximum Gasteiger partial charge on any atom is 0.156 e. The van der Waals surface area contributed by atoms with Crippen molar-refractivity contribution in [2.45, 2.75) is 83.5 Å². The molecule has 1 N–H and O–H groups in total. The van der Waals surface area contributed by atoms with E-state index in [2.05, 4.69) is 27.7 Å². The summed E-state index contributed by atoms with van der Waals surface area (Å²) in [6.07, 6.45) is 6.41.